The van der Waals surface area contributed by atoms with E-state index in [0.717, 1.165) is 37.8 Å². The molecule has 0 aromatic heterocycles. The predicted octanol–water partition coefficient (Wildman–Crippen LogP) is 4.90. The van der Waals surface area contributed by atoms with Gasteiger partial charge in [-0.2, -0.15) is 0 Å². The number of esters is 1. The molecule has 0 unspecified atom stereocenters. The van der Waals surface area contributed by atoms with Crippen molar-refractivity contribution in [2.45, 2.75) is 70.5 Å². The highest BCUT2D eigenvalue weighted by Gasteiger charge is 2.65. The van der Waals surface area contributed by atoms with Crippen LogP contribution in [0.15, 0.2) is 47.1 Å². The average Bonchev–Trinajstić information content (AvgIpc) is 3.02. The molecule has 2 saturated carbocycles. The number of allylic oxidation sites excluding steroid dienone is 4. The van der Waals surface area contributed by atoms with E-state index in [1.807, 2.05) is 20.2 Å². The lowest BCUT2D eigenvalue weighted by Gasteiger charge is -2.54. The van der Waals surface area contributed by atoms with Crippen LogP contribution in [-0.2, 0) is 14.3 Å². The van der Waals surface area contributed by atoms with E-state index in [-0.39, 0.29) is 17.6 Å². The summed E-state index contributed by atoms with van der Waals surface area (Å²) in [6.45, 7) is 3.52. The molecule has 0 spiro atoms. The highest BCUT2D eigenvalue weighted by Crippen LogP contribution is 2.67. The summed E-state index contributed by atoms with van der Waals surface area (Å²) in [5.41, 5.74) is 5.97. The minimum atomic E-state index is -1.43. The summed E-state index contributed by atoms with van der Waals surface area (Å²) in [6, 6.07) is 8.72. The lowest BCUT2D eigenvalue weighted by Crippen LogP contribution is -2.53. The molecular formula is C28H35NO4. The van der Waals surface area contributed by atoms with E-state index in [1.165, 1.54) is 29.2 Å². The van der Waals surface area contributed by atoms with Gasteiger partial charge in [0.2, 0.25) is 5.79 Å². The monoisotopic (exact) mass is 449 g/mol. The minimum Gasteiger partial charge on any atom is -0.433 e. The van der Waals surface area contributed by atoms with Crippen molar-refractivity contribution >= 4 is 17.4 Å². The van der Waals surface area contributed by atoms with Gasteiger partial charge >= 0.3 is 5.97 Å². The van der Waals surface area contributed by atoms with Crippen LogP contribution in [0.3, 0.4) is 0 Å². The average molecular weight is 450 g/mol. The number of ketones is 1. The Morgan fingerprint density at radius 1 is 1.12 bits per heavy atom. The van der Waals surface area contributed by atoms with E-state index in [9.17, 15) is 14.7 Å². The molecule has 5 heteroatoms. The van der Waals surface area contributed by atoms with Crippen LogP contribution in [0.25, 0.3) is 0 Å². The van der Waals surface area contributed by atoms with E-state index in [1.54, 1.807) is 0 Å². The third-order valence-electron chi connectivity index (χ3n) is 8.94. The zero-order valence-electron chi connectivity index (χ0n) is 20.2. The maximum atomic E-state index is 12.2. The molecule has 0 amide bonds. The number of anilines is 1. The first-order valence-corrected chi connectivity index (χ1v) is 12.3. The molecule has 4 aliphatic carbocycles. The fraction of sp³-hybridized carbons (Fsp3) is 0.571. The van der Waals surface area contributed by atoms with Crippen LogP contribution in [0.2, 0.25) is 0 Å². The summed E-state index contributed by atoms with van der Waals surface area (Å²) >= 11 is 0. The van der Waals surface area contributed by atoms with Gasteiger partial charge in [0.25, 0.3) is 0 Å². The summed E-state index contributed by atoms with van der Waals surface area (Å²) in [5, 5.41) is 11.6. The van der Waals surface area contributed by atoms with Crippen LogP contribution in [0, 0.1) is 17.3 Å². The number of ether oxygens (including phenoxy) is 1. The van der Waals surface area contributed by atoms with Gasteiger partial charge in [-0.15, -0.1) is 0 Å². The molecule has 33 heavy (non-hydrogen) atoms. The summed E-state index contributed by atoms with van der Waals surface area (Å²) in [7, 11) is 4.08. The second-order valence-corrected chi connectivity index (χ2v) is 10.9. The third kappa shape index (κ3) is 3.47. The van der Waals surface area contributed by atoms with Crippen molar-refractivity contribution in [1.29, 1.82) is 0 Å². The maximum absolute atomic E-state index is 12.2. The molecule has 5 rings (SSSR count). The fourth-order valence-electron chi connectivity index (χ4n) is 7.33. The quantitative estimate of drug-likeness (QED) is 0.525. The Hall–Kier alpha value is -2.40. The third-order valence-corrected chi connectivity index (χ3v) is 8.94. The molecule has 2 fully saturated rings. The number of benzene rings is 1. The van der Waals surface area contributed by atoms with Crippen molar-refractivity contribution in [3.8, 4) is 0 Å². The normalized spacial score (nSPS) is 35.4. The van der Waals surface area contributed by atoms with Gasteiger partial charge in [0, 0.05) is 50.9 Å². The largest absolute Gasteiger partial charge is 0.433 e. The van der Waals surface area contributed by atoms with Gasteiger partial charge in [-0.1, -0.05) is 24.6 Å². The van der Waals surface area contributed by atoms with Crippen molar-refractivity contribution in [3.05, 3.63) is 52.6 Å². The molecule has 1 aromatic rings. The molecule has 0 heterocycles. The number of carbonyl (C=O) groups excluding carboxylic acids is 2. The van der Waals surface area contributed by atoms with Crippen LogP contribution in [0.1, 0.15) is 70.3 Å². The first-order chi connectivity index (χ1) is 15.6. The molecule has 0 radical (unpaired) electrons. The van der Waals surface area contributed by atoms with E-state index >= 15 is 0 Å². The first-order valence-electron chi connectivity index (χ1n) is 12.3. The van der Waals surface area contributed by atoms with E-state index in [0.29, 0.717) is 18.8 Å². The summed E-state index contributed by atoms with van der Waals surface area (Å²) in [4.78, 5) is 26.2. The van der Waals surface area contributed by atoms with Crippen LogP contribution in [0.5, 0.6) is 0 Å². The number of rotatable bonds is 3. The number of aliphatic hydroxyl groups is 1. The van der Waals surface area contributed by atoms with E-state index < -0.39 is 17.2 Å². The number of hydrogen-bond acceptors (Lipinski definition) is 5. The number of nitrogens with zero attached hydrogens (tertiary/aromatic N) is 1. The van der Waals surface area contributed by atoms with Crippen LogP contribution in [0.4, 0.5) is 5.69 Å². The number of fused-ring (bicyclic) bond motifs is 4. The van der Waals surface area contributed by atoms with Crippen LogP contribution in [-0.4, -0.2) is 36.7 Å². The summed E-state index contributed by atoms with van der Waals surface area (Å²) in [6.07, 6.45) is 7.26. The molecule has 5 atom stereocenters. The van der Waals surface area contributed by atoms with E-state index in [2.05, 4.69) is 36.1 Å². The molecular weight excluding hydrogens is 414 g/mol. The Labute approximate surface area is 196 Å². The Kier molecular flexibility index (Phi) is 5.32. The summed E-state index contributed by atoms with van der Waals surface area (Å²) < 4.78 is 5.64. The molecule has 0 aliphatic heterocycles. The maximum Gasteiger partial charge on any atom is 0.305 e. The second-order valence-electron chi connectivity index (χ2n) is 10.9. The molecule has 1 N–H and O–H groups in total. The van der Waals surface area contributed by atoms with Crippen molar-refractivity contribution in [1.82, 2.24) is 0 Å². The van der Waals surface area contributed by atoms with Gasteiger partial charge in [-0.05, 0) is 78.9 Å². The Balaban J connectivity index is 1.65. The molecule has 176 valence electrons. The lowest BCUT2D eigenvalue weighted by atomic mass is 9.52. The van der Waals surface area contributed by atoms with Gasteiger partial charge in [0.15, 0.2) is 5.78 Å². The standard InChI is InChI=1S/C28H35NO4/c1-17(30)33-28(32)14-13-25-23-11-7-19-15-21(31)10-12-22(19)26(23)24(16-27(25,28)2)18-5-8-20(9-6-18)29(3)4/h5-6,8-9,15,23-25,32H,7,10-14,16H2,1-4H3/t23-,24+,25-,27-,28+/m0/s1. The smallest absolute Gasteiger partial charge is 0.305 e. The number of carbonyl (C=O) groups is 2. The Morgan fingerprint density at radius 3 is 2.52 bits per heavy atom. The van der Waals surface area contributed by atoms with Crippen molar-refractivity contribution in [3.63, 3.8) is 0 Å². The SMILES string of the molecule is CC(=O)O[C@]1(O)CC[C@H]2[C@@H]3CCC4=CC(=O)CCC4=C3[C@@H](c3ccc(N(C)C)cc3)C[C@@]21C. The minimum absolute atomic E-state index is 0.138. The van der Waals surface area contributed by atoms with Gasteiger partial charge in [-0.25, -0.2) is 0 Å². The first kappa shape index (κ1) is 22.4. The van der Waals surface area contributed by atoms with Crippen molar-refractivity contribution in [2.75, 3.05) is 19.0 Å². The van der Waals surface area contributed by atoms with Gasteiger partial charge in [-0.3, -0.25) is 9.59 Å². The van der Waals surface area contributed by atoms with Gasteiger partial charge in [0.05, 0.1) is 0 Å². The molecule has 0 bridgehead atoms. The highest BCUT2D eigenvalue weighted by atomic mass is 16.7. The molecule has 4 aliphatic rings. The van der Waals surface area contributed by atoms with Crippen molar-refractivity contribution < 1.29 is 19.4 Å². The topological polar surface area (TPSA) is 66.8 Å². The van der Waals surface area contributed by atoms with Crippen LogP contribution < -0.4 is 4.90 Å². The number of hydrogen-bond donors (Lipinski definition) is 1. The molecule has 0 saturated heterocycles. The summed E-state index contributed by atoms with van der Waals surface area (Å²) in [5.74, 6) is -0.867. The lowest BCUT2D eigenvalue weighted by molar-refractivity contribution is -0.257. The molecule has 5 nitrogen and oxygen atoms in total. The van der Waals surface area contributed by atoms with Gasteiger partial charge < -0.3 is 14.7 Å². The molecule has 1 aromatic carbocycles. The van der Waals surface area contributed by atoms with Gasteiger partial charge in [0.1, 0.15) is 0 Å². The fourth-order valence-corrected chi connectivity index (χ4v) is 7.33. The zero-order chi connectivity index (χ0) is 23.5. The highest BCUT2D eigenvalue weighted by molar-refractivity contribution is 5.93. The predicted molar refractivity (Wildman–Crippen MR) is 128 cm³/mol. The van der Waals surface area contributed by atoms with Crippen LogP contribution >= 0.6 is 0 Å². The Bertz CT molecular complexity index is 1050. The van der Waals surface area contributed by atoms with E-state index in [4.69, 9.17) is 4.74 Å². The second kappa shape index (κ2) is 7.83. The Morgan fingerprint density at radius 2 is 1.85 bits per heavy atom. The van der Waals surface area contributed by atoms with Crippen molar-refractivity contribution in [2.24, 2.45) is 17.3 Å². The zero-order valence-corrected chi connectivity index (χ0v) is 20.2.